The molecule has 0 unspecified atom stereocenters. The fraction of sp³-hybridized carbons (Fsp3) is 0.368. The lowest BCUT2D eigenvalue weighted by atomic mass is 9.96. The molecule has 0 aliphatic carbocycles. The van der Waals surface area contributed by atoms with E-state index < -0.39 is 0 Å². The standard InChI is InChI=1S/C19H21Cl2N3O/c20-16-1-2-18(21)17(11-16)19(25)23-12-14-5-9-24(10-6-14)13-15-3-7-22-8-4-15/h1-4,7-8,11,14H,5-6,9-10,12-13H2,(H,23,25). The summed E-state index contributed by atoms with van der Waals surface area (Å²) in [6, 6.07) is 9.05. The van der Waals surface area contributed by atoms with E-state index in [4.69, 9.17) is 23.2 Å². The van der Waals surface area contributed by atoms with Gasteiger partial charge < -0.3 is 5.32 Å². The van der Waals surface area contributed by atoms with Gasteiger partial charge in [0.05, 0.1) is 10.6 Å². The Bertz CT molecular complexity index is 716. The zero-order valence-corrected chi connectivity index (χ0v) is 15.4. The summed E-state index contributed by atoms with van der Waals surface area (Å²) in [4.78, 5) is 18.8. The molecule has 0 spiro atoms. The van der Waals surface area contributed by atoms with Gasteiger partial charge in [0.25, 0.3) is 5.91 Å². The number of pyridine rings is 1. The monoisotopic (exact) mass is 377 g/mol. The fourth-order valence-electron chi connectivity index (χ4n) is 3.10. The number of hydrogen-bond donors (Lipinski definition) is 1. The van der Waals surface area contributed by atoms with E-state index in [0.29, 0.717) is 28.1 Å². The van der Waals surface area contributed by atoms with Gasteiger partial charge in [-0.05, 0) is 67.7 Å². The molecule has 1 aliphatic heterocycles. The number of carbonyl (C=O) groups excluding carboxylic acids is 1. The first-order valence-corrected chi connectivity index (χ1v) is 9.22. The van der Waals surface area contributed by atoms with Crippen LogP contribution in [0.3, 0.4) is 0 Å². The van der Waals surface area contributed by atoms with Gasteiger partial charge in [0.2, 0.25) is 0 Å². The van der Waals surface area contributed by atoms with Crippen LogP contribution >= 0.6 is 23.2 Å². The smallest absolute Gasteiger partial charge is 0.252 e. The lowest BCUT2D eigenvalue weighted by Gasteiger charge is -2.32. The van der Waals surface area contributed by atoms with Crippen LogP contribution in [0.1, 0.15) is 28.8 Å². The number of amides is 1. The maximum Gasteiger partial charge on any atom is 0.252 e. The molecule has 2 heterocycles. The molecular formula is C19H21Cl2N3O. The van der Waals surface area contributed by atoms with E-state index in [-0.39, 0.29) is 5.91 Å². The molecule has 1 aromatic heterocycles. The molecule has 25 heavy (non-hydrogen) atoms. The van der Waals surface area contributed by atoms with Gasteiger partial charge >= 0.3 is 0 Å². The van der Waals surface area contributed by atoms with E-state index in [9.17, 15) is 4.79 Å². The van der Waals surface area contributed by atoms with Crippen molar-refractivity contribution in [1.82, 2.24) is 15.2 Å². The van der Waals surface area contributed by atoms with E-state index in [0.717, 1.165) is 32.5 Å². The number of rotatable bonds is 5. The van der Waals surface area contributed by atoms with Crippen molar-refractivity contribution in [2.24, 2.45) is 5.92 Å². The number of likely N-dealkylation sites (tertiary alicyclic amines) is 1. The number of hydrogen-bond acceptors (Lipinski definition) is 3. The maximum atomic E-state index is 12.3. The van der Waals surface area contributed by atoms with Crippen LogP contribution in [-0.4, -0.2) is 35.4 Å². The van der Waals surface area contributed by atoms with Crippen molar-refractivity contribution >= 4 is 29.1 Å². The van der Waals surface area contributed by atoms with E-state index >= 15 is 0 Å². The van der Waals surface area contributed by atoms with Crippen molar-refractivity contribution in [2.45, 2.75) is 19.4 Å². The van der Waals surface area contributed by atoms with Gasteiger partial charge in [0.1, 0.15) is 0 Å². The summed E-state index contributed by atoms with van der Waals surface area (Å²) >= 11 is 12.0. The second-order valence-electron chi connectivity index (χ2n) is 6.41. The van der Waals surface area contributed by atoms with Crippen LogP contribution in [0.25, 0.3) is 0 Å². The van der Waals surface area contributed by atoms with E-state index in [2.05, 4.69) is 27.3 Å². The van der Waals surface area contributed by atoms with Crippen molar-refractivity contribution in [3.63, 3.8) is 0 Å². The number of nitrogens with one attached hydrogen (secondary N) is 1. The summed E-state index contributed by atoms with van der Waals surface area (Å²) in [5, 5.41) is 3.93. The SMILES string of the molecule is O=C(NCC1CCN(Cc2ccncc2)CC1)c1cc(Cl)ccc1Cl. The second-order valence-corrected chi connectivity index (χ2v) is 7.25. The van der Waals surface area contributed by atoms with Crippen LogP contribution in [0.2, 0.25) is 10.0 Å². The predicted molar refractivity (Wildman–Crippen MR) is 101 cm³/mol. The van der Waals surface area contributed by atoms with Gasteiger partial charge in [0.15, 0.2) is 0 Å². The van der Waals surface area contributed by atoms with Crippen LogP contribution in [0.15, 0.2) is 42.7 Å². The minimum Gasteiger partial charge on any atom is -0.352 e. The lowest BCUT2D eigenvalue weighted by Crippen LogP contribution is -2.38. The summed E-state index contributed by atoms with van der Waals surface area (Å²) in [5.74, 6) is 0.335. The molecule has 4 nitrogen and oxygen atoms in total. The number of benzene rings is 1. The van der Waals surface area contributed by atoms with Crippen LogP contribution in [0.4, 0.5) is 0 Å². The average molecular weight is 378 g/mol. The molecule has 6 heteroatoms. The Balaban J connectivity index is 1.45. The second kappa shape index (κ2) is 8.65. The third-order valence-corrected chi connectivity index (χ3v) is 5.15. The first kappa shape index (κ1) is 18.2. The van der Waals surface area contributed by atoms with Crippen LogP contribution < -0.4 is 5.32 Å². The van der Waals surface area contributed by atoms with Gasteiger partial charge in [-0.1, -0.05) is 23.2 Å². The summed E-state index contributed by atoms with van der Waals surface area (Å²) in [6.07, 6.45) is 5.82. The van der Waals surface area contributed by atoms with Gasteiger partial charge in [-0.15, -0.1) is 0 Å². The van der Waals surface area contributed by atoms with Crippen molar-refractivity contribution in [1.29, 1.82) is 0 Å². The number of carbonyl (C=O) groups is 1. The largest absolute Gasteiger partial charge is 0.352 e. The minimum atomic E-state index is -0.160. The van der Waals surface area contributed by atoms with E-state index in [1.165, 1.54) is 5.56 Å². The molecule has 3 rings (SSSR count). The predicted octanol–water partition coefficient (Wildman–Crippen LogP) is 4.03. The Morgan fingerprint density at radius 1 is 1.16 bits per heavy atom. The molecule has 1 N–H and O–H groups in total. The highest BCUT2D eigenvalue weighted by atomic mass is 35.5. The number of aromatic nitrogens is 1. The van der Waals surface area contributed by atoms with Gasteiger partial charge in [-0.3, -0.25) is 14.7 Å². The zero-order valence-electron chi connectivity index (χ0n) is 13.9. The first-order valence-electron chi connectivity index (χ1n) is 8.46. The minimum absolute atomic E-state index is 0.160. The third-order valence-electron chi connectivity index (χ3n) is 4.59. The fourth-order valence-corrected chi connectivity index (χ4v) is 3.47. The highest BCUT2D eigenvalue weighted by molar-refractivity contribution is 6.35. The van der Waals surface area contributed by atoms with Gasteiger partial charge in [-0.2, -0.15) is 0 Å². The maximum absolute atomic E-state index is 12.3. The van der Waals surface area contributed by atoms with Crippen LogP contribution in [-0.2, 0) is 6.54 Å². The molecule has 0 bridgehead atoms. The Labute approximate surface area is 158 Å². The Kier molecular flexibility index (Phi) is 6.29. The quantitative estimate of drug-likeness (QED) is 0.855. The average Bonchev–Trinajstić information content (AvgIpc) is 2.64. The summed E-state index contributed by atoms with van der Waals surface area (Å²) in [6.45, 7) is 3.71. The van der Waals surface area contributed by atoms with Gasteiger partial charge in [-0.25, -0.2) is 0 Å². The molecule has 0 radical (unpaired) electrons. The number of halogens is 2. The summed E-state index contributed by atoms with van der Waals surface area (Å²) in [7, 11) is 0. The Morgan fingerprint density at radius 3 is 2.60 bits per heavy atom. The van der Waals surface area contributed by atoms with Gasteiger partial charge in [0, 0.05) is 30.5 Å². The normalized spacial score (nSPS) is 15.9. The highest BCUT2D eigenvalue weighted by Gasteiger charge is 2.20. The number of piperidine rings is 1. The molecule has 1 fully saturated rings. The number of nitrogens with zero attached hydrogens (tertiary/aromatic N) is 2. The highest BCUT2D eigenvalue weighted by Crippen LogP contribution is 2.21. The van der Waals surface area contributed by atoms with E-state index in [1.54, 1.807) is 18.2 Å². The molecule has 1 aliphatic rings. The Hall–Kier alpha value is -1.62. The third kappa shape index (κ3) is 5.18. The summed E-state index contributed by atoms with van der Waals surface area (Å²) < 4.78 is 0. The van der Waals surface area contributed by atoms with Crippen molar-refractivity contribution in [3.05, 3.63) is 63.9 Å². The van der Waals surface area contributed by atoms with Crippen LogP contribution in [0, 0.1) is 5.92 Å². The molecule has 1 amide bonds. The van der Waals surface area contributed by atoms with Crippen LogP contribution in [0.5, 0.6) is 0 Å². The van der Waals surface area contributed by atoms with Crippen molar-refractivity contribution in [2.75, 3.05) is 19.6 Å². The molecular weight excluding hydrogens is 357 g/mol. The molecule has 1 aromatic carbocycles. The molecule has 1 saturated heterocycles. The molecule has 0 atom stereocenters. The van der Waals surface area contributed by atoms with Crippen molar-refractivity contribution < 1.29 is 4.79 Å². The molecule has 2 aromatic rings. The zero-order chi connectivity index (χ0) is 17.6. The first-order chi connectivity index (χ1) is 12.1. The Morgan fingerprint density at radius 2 is 1.88 bits per heavy atom. The summed E-state index contributed by atoms with van der Waals surface area (Å²) in [5.41, 5.74) is 1.72. The molecule has 0 saturated carbocycles. The topological polar surface area (TPSA) is 45.2 Å². The van der Waals surface area contributed by atoms with Crippen molar-refractivity contribution in [3.8, 4) is 0 Å². The van der Waals surface area contributed by atoms with E-state index in [1.807, 2.05) is 12.4 Å². The molecule has 132 valence electrons. The lowest BCUT2D eigenvalue weighted by molar-refractivity contribution is 0.0935.